The molecular formula is C20H25ClN2OS. The van der Waals surface area contributed by atoms with Crippen LogP contribution in [0.3, 0.4) is 0 Å². The van der Waals surface area contributed by atoms with E-state index >= 15 is 0 Å². The molecule has 1 unspecified atom stereocenters. The van der Waals surface area contributed by atoms with Crippen LogP contribution in [-0.4, -0.2) is 12.2 Å². The van der Waals surface area contributed by atoms with E-state index in [1.807, 2.05) is 6.07 Å². The van der Waals surface area contributed by atoms with Crippen LogP contribution in [0.25, 0.3) is 0 Å². The van der Waals surface area contributed by atoms with Gasteiger partial charge in [0.2, 0.25) is 0 Å². The first-order valence-electron chi connectivity index (χ1n) is 8.22. The topological polar surface area (TPSA) is 33.3 Å². The van der Waals surface area contributed by atoms with Gasteiger partial charge >= 0.3 is 0 Å². The molecule has 2 aromatic carbocycles. The normalized spacial score (nSPS) is 12.4. The Bertz CT molecular complexity index is 738. The van der Waals surface area contributed by atoms with E-state index < -0.39 is 0 Å². The molecule has 0 spiro atoms. The Morgan fingerprint density at radius 1 is 1.12 bits per heavy atom. The van der Waals surface area contributed by atoms with Crippen LogP contribution >= 0.6 is 23.8 Å². The number of nitrogens with one attached hydrogen (secondary N) is 2. The van der Waals surface area contributed by atoms with E-state index in [2.05, 4.69) is 62.6 Å². The molecule has 0 aliphatic carbocycles. The molecule has 0 aliphatic rings. The second kappa shape index (κ2) is 8.07. The summed E-state index contributed by atoms with van der Waals surface area (Å²) in [5, 5.41) is 7.59. The van der Waals surface area contributed by atoms with E-state index in [4.69, 9.17) is 28.6 Å². The zero-order valence-electron chi connectivity index (χ0n) is 15.3. The molecule has 0 aliphatic heterocycles. The standard InChI is InChI=1S/C20H25ClN2OS/c1-13(14-6-8-15(9-7-14)20(2,3)4)22-19(25)23-17-12-16(21)10-11-18(17)24-5/h6-13H,1-5H3,(H2,22,23,25). The lowest BCUT2D eigenvalue weighted by Gasteiger charge is -2.22. The van der Waals surface area contributed by atoms with Gasteiger partial charge in [-0.15, -0.1) is 0 Å². The fourth-order valence-electron chi connectivity index (χ4n) is 2.49. The van der Waals surface area contributed by atoms with Gasteiger partial charge in [0.15, 0.2) is 5.11 Å². The van der Waals surface area contributed by atoms with Crippen molar-refractivity contribution in [1.82, 2.24) is 5.32 Å². The van der Waals surface area contributed by atoms with Gasteiger partial charge in [0, 0.05) is 5.02 Å². The van der Waals surface area contributed by atoms with Gasteiger partial charge in [-0.3, -0.25) is 0 Å². The van der Waals surface area contributed by atoms with Crippen LogP contribution in [0.15, 0.2) is 42.5 Å². The highest BCUT2D eigenvalue weighted by Gasteiger charge is 2.14. The molecule has 5 heteroatoms. The Kier molecular flexibility index (Phi) is 6.31. The fourth-order valence-corrected chi connectivity index (χ4v) is 2.95. The van der Waals surface area contributed by atoms with E-state index in [-0.39, 0.29) is 11.5 Å². The third-order valence-corrected chi connectivity index (χ3v) is 4.49. The van der Waals surface area contributed by atoms with Crippen molar-refractivity contribution >= 4 is 34.6 Å². The molecule has 1 atom stereocenters. The van der Waals surface area contributed by atoms with Crippen molar-refractivity contribution in [3.63, 3.8) is 0 Å². The van der Waals surface area contributed by atoms with Crippen LogP contribution in [-0.2, 0) is 5.41 Å². The van der Waals surface area contributed by atoms with E-state index in [0.29, 0.717) is 15.9 Å². The van der Waals surface area contributed by atoms with E-state index in [9.17, 15) is 0 Å². The van der Waals surface area contributed by atoms with Gasteiger partial charge in [-0.05, 0) is 53.9 Å². The fraction of sp³-hybridized carbons (Fsp3) is 0.350. The number of methoxy groups -OCH3 is 1. The summed E-state index contributed by atoms with van der Waals surface area (Å²) in [6.45, 7) is 8.71. The van der Waals surface area contributed by atoms with Crippen molar-refractivity contribution in [2.24, 2.45) is 0 Å². The third kappa shape index (κ3) is 5.35. The van der Waals surface area contributed by atoms with E-state index in [0.717, 1.165) is 5.69 Å². The first-order chi connectivity index (χ1) is 11.7. The minimum Gasteiger partial charge on any atom is -0.495 e. The largest absolute Gasteiger partial charge is 0.495 e. The summed E-state index contributed by atoms with van der Waals surface area (Å²) >= 11 is 11.5. The van der Waals surface area contributed by atoms with Gasteiger partial charge < -0.3 is 15.4 Å². The smallest absolute Gasteiger partial charge is 0.171 e. The molecule has 0 saturated carbocycles. The molecule has 0 radical (unpaired) electrons. The summed E-state index contributed by atoms with van der Waals surface area (Å²) < 4.78 is 5.33. The Morgan fingerprint density at radius 2 is 1.76 bits per heavy atom. The van der Waals surface area contributed by atoms with Gasteiger partial charge in [-0.1, -0.05) is 56.6 Å². The van der Waals surface area contributed by atoms with Crippen LogP contribution in [0, 0.1) is 0 Å². The minimum absolute atomic E-state index is 0.0826. The molecule has 0 heterocycles. The lowest BCUT2D eigenvalue weighted by molar-refractivity contribution is 0.417. The molecule has 0 aromatic heterocycles. The summed E-state index contributed by atoms with van der Waals surface area (Å²) in [5.74, 6) is 0.690. The van der Waals surface area contributed by atoms with E-state index in [1.54, 1.807) is 19.2 Å². The van der Waals surface area contributed by atoms with Crippen molar-refractivity contribution in [2.45, 2.75) is 39.2 Å². The number of hydrogen-bond acceptors (Lipinski definition) is 2. The summed E-state index contributed by atoms with van der Waals surface area (Å²) in [6.07, 6.45) is 0. The lowest BCUT2D eigenvalue weighted by Crippen LogP contribution is -2.31. The zero-order chi connectivity index (χ0) is 18.6. The van der Waals surface area contributed by atoms with Crippen molar-refractivity contribution < 1.29 is 4.74 Å². The summed E-state index contributed by atoms with van der Waals surface area (Å²) in [7, 11) is 1.62. The van der Waals surface area contributed by atoms with Gasteiger partial charge in [-0.2, -0.15) is 0 Å². The average Bonchev–Trinajstić information content (AvgIpc) is 2.54. The highest BCUT2D eigenvalue weighted by atomic mass is 35.5. The third-order valence-electron chi connectivity index (χ3n) is 4.03. The van der Waals surface area contributed by atoms with Gasteiger partial charge in [-0.25, -0.2) is 0 Å². The Labute approximate surface area is 160 Å². The van der Waals surface area contributed by atoms with Gasteiger partial charge in [0.25, 0.3) is 0 Å². The molecule has 2 aromatic rings. The number of hydrogen-bond donors (Lipinski definition) is 2. The SMILES string of the molecule is COc1ccc(Cl)cc1NC(=S)NC(C)c1ccc(C(C)(C)C)cc1. The predicted molar refractivity (Wildman–Crippen MR) is 111 cm³/mol. The first kappa shape index (κ1) is 19.5. The lowest BCUT2D eigenvalue weighted by atomic mass is 9.86. The maximum atomic E-state index is 6.05. The van der Waals surface area contributed by atoms with Crippen LogP contribution in [0.2, 0.25) is 5.02 Å². The Balaban J connectivity index is 2.04. The van der Waals surface area contributed by atoms with Gasteiger partial charge in [0.1, 0.15) is 5.75 Å². The maximum absolute atomic E-state index is 6.05. The highest BCUT2D eigenvalue weighted by molar-refractivity contribution is 7.80. The number of rotatable bonds is 4. The number of benzene rings is 2. The van der Waals surface area contributed by atoms with Crippen LogP contribution < -0.4 is 15.4 Å². The second-order valence-corrected chi connectivity index (χ2v) is 7.88. The first-order valence-corrected chi connectivity index (χ1v) is 9.01. The molecule has 0 bridgehead atoms. The molecule has 0 fully saturated rings. The monoisotopic (exact) mass is 376 g/mol. The molecular weight excluding hydrogens is 352 g/mol. The molecule has 25 heavy (non-hydrogen) atoms. The second-order valence-electron chi connectivity index (χ2n) is 7.04. The number of halogens is 1. The van der Waals surface area contributed by atoms with Gasteiger partial charge in [0.05, 0.1) is 18.8 Å². The molecule has 2 N–H and O–H groups in total. The minimum atomic E-state index is 0.0826. The van der Waals surface area contributed by atoms with Crippen LogP contribution in [0.5, 0.6) is 5.75 Å². The van der Waals surface area contributed by atoms with E-state index in [1.165, 1.54) is 11.1 Å². The summed E-state index contributed by atoms with van der Waals surface area (Å²) in [6, 6.07) is 14.1. The number of anilines is 1. The molecule has 134 valence electrons. The Hall–Kier alpha value is -1.78. The molecule has 2 rings (SSSR count). The molecule has 3 nitrogen and oxygen atoms in total. The summed E-state index contributed by atoms with van der Waals surface area (Å²) in [4.78, 5) is 0. The van der Waals surface area contributed by atoms with Crippen molar-refractivity contribution in [1.29, 1.82) is 0 Å². The molecule has 0 amide bonds. The van der Waals surface area contributed by atoms with Crippen molar-refractivity contribution in [2.75, 3.05) is 12.4 Å². The summed E-state index contributed by atoms with van der Waals surface area (Å²) in [5.41, 5.74) is 3.38. The molecule has 0 saturated heterocycles. The maximum Gasteiger partial charge on any atom is 0.171 e. The quantitative estimate of drug-likeness (QED) is 0.671. The predicted octanol–water partition coefficient (Wildman–Crippen LogP) is 5.69. The highest BCUT2D eigenvalue weighted by Crippen LogP contribution is 2.28. The Morgan fingerprint density at radius 3 is 2.32 bits per heavy atom. The zero-order valence-corrected chi connectivity index (χ0v) is 16.9. The number of ether oxygens (including phenoxy) is 1. The van der Waals surface area contributed by atoms with Crippen molar-refractivity contribution in [3.8, 4) is 5.75 Å². The van der Waals surface area contributed by atoms with Crippen molar-refractivity contribution in [3.05, 3.63) is 58.6 Å². The van der Waals surface area contributed by atoms with Crippen LogP contribution in [0.4, 0.5) is 5.69 Å². The average molecular weight is 377 g/mol. The number of thiocarbonyl (C=S) groups is 1. The van der Waals surface area contributed by atoms with Crippen LogP contribution in [0.1, 0.15) is 44.9 Å².